The molecule has 102 valence electrons. The molecule has 0 aromatic heterocycles. The maximum Gasteiger partial charge on any atom is 0.119 e. The molecule has 0 bridgehead atoms. The monoisotopic (exact) mass is 252 g/mol. The number of methoxy groups -OCH3 is 1. The molecule has 0 amide bonds. The van der Waals surface area contributed by atoms with Gasteiger partial charge in [0.1, 0.15) is 5.75 Å². The maximum absolute atomic E-state index is 9.82. The molecule has 1 aromatic carbocycles. The molecule has 3 nitrogen and oxygen atoms in total. The molecular weight excluding hydrogens is 228 g/mol. The van der Waals surface area contributed by atoms with E-state index in [9.17, 15) is 5.11 Å². The van der Waals surface area contributed by atoms with Crippen LogP contribution in [0.5, 0.6) is 5.75 Å². The number of unbranched alkanes of at least 4 members (excludes halogenated alkanes) is 2. The van der Waals surface area contributed by atoms with Gasteiger partial charge in [-0.25, -0.2) is 0 Å². The molecule has 0 saturated heterocycles. The predicted octanol–water partition coefficient (Wildman–Crippen LogP) is 3.11. The second-order valence-corrected chi connectivity index (χ2v) is 4.99. The molecule has 3 heteroatoms. The lowest BCUT2D eigenvalue weighted by molar-refractivity contribution is 0.0785. The second kappa shape index (κ2) is 7.39. The van der Waals surface area contributed by atoms with Crippen molar-refractivity contribution < 1.29 is 14.6 Å². The van der Waals surface area contributed by atoms with Gasteiger partial charge in [-0.3, -0.25) is 0 Å². The first-order valence-electron chi connectivity index (χ1n) is 6.48. The number of aliphatic hydroxyl groups is 1. The Morgan fingerprint density at radius 2 is 1.61 bits per heavy atom. The molecule has 1 rings (SSSR count). The van der Waals surface area contributed by atoms with E-state index in [1.165, 1.54) is 0 Å². The van der Waals surface area contributed by atoms with E-state index < -0.39 is 5.60 Å². The zero-order valence-corrected chi connectivity index (χ0v) is 11.6. The zero-order valence-electron chi connectivity index (χ0n) is 11.6. The van der Waals surface area contributed by atoms with E-state index in [0.717, 1.165) is 43.8 Å². The van der Waals surface area contributed by atoms with Crippen LogP contribution in [0.4, 0.5) is 0 Å². The van der Waals surface area contributed by atoms with Crippen molar-refractivity contribution in [3.63, 3.8) is 0 Å². The van der Waals surface area contributed by atoms with Crippen molar-refractivity contribution in [3.8, 4) is 5.75 Å². The van der Waals surface area contributed by atoms with Gasteiger partial charge in [-0.05, 0) is 50.8 Å². The van der Waals surface area contributed by atoms with Crippen LogP contribution in [0.25, 0.3) is 0 Å². The Labute approximate surface area is 110 Å². The average molecular weight is 252 g/mol. The third-order valence-corrected chi connectivity index (χ3v) is 2.82. The van der Waals surface area contributed by atoms with Gasteiger partial charge in [0, 0.05) is 13.7 Å². The zero-order chi connectivity index (χ0) is 13.4. The highest BCUT2D eigenvalue weighted by Crippen LogP contribution is 2.22. The van der Waals surface area contributed by atoms with E-state index in [4.69, 9.17) is 9.47 Å². The van der Waals surface area contributed by atoms with Gasteiger partial charge in [-0.1, -0.05) is 12.1 Å². The standard InChI is InChI=1S/C15H24O3/c1-15(2,16)13-7-9-14(10-8-13)18-12-6-4-5-11-17-3/h7-10,16H,4-6,11-12H2,1-3H3. The van der Waals surface area contributed by atoms with Crippen LogP contribution in [-0.2, 0) is 10.3 Å². The van der Waals surface area contributed by atoms with Crippen molar-refractivity contribution in [2.45, 2.75) is 38.7 Å². The molecule has 0 spiro atoms. The number of ether oxygens (including phenoxy) is 2. The molecule has 0 radical (unpaired) electrons. The molecule has 0 unspecified atom stereocenters. The van der Waals surface area contributed by atoms with Gasteiger partial charge >= 0.3 is 0 Å². The van der Waals surface area contributed by atoms with Crippen LogP contribution < -0.4 is 4.74 Å². The summed E-state index contributed by atoms with van der Waals surface area (Å²) in [5.74, 6) is 0.856. The van der Waals surface area contributed by atoms with Gasteiger partial charge < -0.3 is 14.6 Å². The normalized spacial score (nSPS) is 11.6. The Morgan fingerprint density at radius 3 is 2.17 bits per heavy atom. The molecule has 0 aliphatic carbocycles. The number of hydrogen-bond donors (Lipinski definition) is 1. The molecule has 0 fully saturated rings. The van der Waals surface area contributed by atoms with Crippen molar-refractivity contribution in [3.05, 3.63) is 29.8 Å². The van der Waals surface area contributed by atoms with Crippen molar-refractivity contribution in [1.29, 1.82) is 0 Å². The minimum atomic E-state index is -0.793. The fourth-order valence-corrected chi connectivity index (χ4v) is 1.67. The van der Waals surface area contributed by atoms with E-state index in [1.54, 1.807) is 21.0 Å². The van der Waals surface area contributed by atoms with Gasteiger partial charge in [0.05, 0.1) is 12.2 Å². The van der Waals surface area contributed by atoms with Crippen molar-refractivity contribution in [2.75, 3.05) is 20.3 Å². The van der Waals surface area contributed by atoms with Gasteiger partial charge in [0.15, 0.2) is 0 Å². The van der Waals surface area contributed by atoms with Crippen LogP contribution in [0.15, 0.2) is 24.3 Å². The summed E-state index contributed by atoms with van der Waals surface area (Å²) in [6.45, 7) is 5.10. The van der Waals surface area contributed by atoms with Crippen LogP contribution in [0.3, 0.4) is 0 Å². The maximum atomic E-state index is 9.82. The fraction of sp³-hybridized carbons (Fsp3) is 0.600. The number of rotatable bonds is 8. The Balaban J connectivity index is 2.27. The molecule has 0 saturated carbocycles. The highest BCUT2D eigenvalue weighted by atomic mass is 16.5. The van der Waals surface area contributed by atoms with Gasteiger partial charge in [0.2, 0.25) is 0 Å². The number of hydrogen-bond acceptors (Lipinski definition) is 3. The Bertz CT molecular complexity index is 325. The van der Waals surface area contributed by atoms with Gasteiger partial charge in [-0.15, -0.1) is 0 Å². The lowest BCUT2D eigenvalue weighted by Crippen LogP contribution is -2.15. The molecule has 1 N–H and O–H groups in total. The summed E-state index contributed by atoms with van der Waals surface area (Å²) < 4.78 is 10.6. The highest BCUT2D eigenvalue weighted by molar-refractivity contribution is 5.30. The van der Waals surface area contributed by atoms with Crippen LogP contribution >= 0.6 is 0 Å². The highest BCUT2D eigenvalue weighted by Gasteiger charge is 2.15. The summed E-state index contributed by atoms with van der Waals surface area (Å²) in [7, 11) is 1.72. The van der Waals surface area contributed by atoms with Crippen LogP contribution in [0.1, 0.15) is 38.7 Å². The van der Waals surface area contributed by atoms with E-state index >= 15 is 0 Å². The molecule has 0 heterocycles. The summed E-state index contributed by atoms with van der Waals surface area (Å²) in [6.07, 6.45) is 3.24. The third-order valence-electron chi connectivity index (χ3n) is 2.82. The molecule has 18 heavy (non-hydrogen) atoms. The van der Waals surface area contributed by atoms with Crippen molar-refractivity contribution in [2.24, 2.45) is 0 Å². The van der Waals surface area contributed by atoms with Crippen molar-refractivity contribution in [1.82, 2.24) is 0 Å². The van der Waals surface area contributed by atoms with Gasteiger partial charge in [0.25, 0.3) is 0 Å². The van der Waals surface area contributed by atoms with Gasteiger partial charge in [-0.2, -0.15) is 0 Å². The molecular formula is C15H24O3. The largest absolute Gasteiger partial charge is 0.494 e. The summed E-state index contributed by atoms with van der Waals surface area (Å²) in [4.78, 5) is 0. The Kier molecular flexibility index (Phi) is 6.16. The molecule has 1 aromatic rings. The van der Waals surface area contributed by atoms with E-state index in [-0.39, 0.29) is 0 Å². The Morgan fingerprint density at radius 1 is 1.00 bits per heavy atom. The SMILES string of the molecule is COCCCCCOc1ccc(C(C)(C)O)cc1. The molecule has 0 atom stereocenters. The topological polar surface area (TPSA) is 38.7 Å². The van der Waals surface area contributed by atoms with Crippen LogP contribution in [0, 0.1) is 0 Å². The van der Waals surface area contributed by atoms with E-state index in [1.807, 2.05) is 24.3 Å². The number of benzene rings is 1. The smallest absolute Gasteiger partial charge is 0.119 e. The predicted molar refractivity (Wildman–Crippen MR) is 72.9 cm³/mol. The van der Waals surface area contributed by atoms with E-state index in [0.29, 0.717) is 0 Å². The minimum absolute atomic E-state index is 0.728. The van der Waals surface area contributed by atoms with E-state index in [2.05, 4.69) is 0 Å². The lowest BCUT2D eigenvalue weighted by Gasteiger charge is -2.17. The first-order chi connectivity index (χ1) is 8.54. The lowest BCUT2D eigenvalue weighted by atomic mass is 9.99. The molecule has 0 aliphatic heterocycles. The summed E-state index contributed by atoms with van der Waals surface area (Å²) in [5.41, 5.74) is 0.105. The quantitative estimate of drug-likeness (QED) is 0.722. The summed E-state index contributed by atoms with van der Waals surface area (Å²) in [6, 6.07) is 7.62. The second-order valence-electron chi connectivity index (χ2n) is 4.99. The third kappa shape index (κ3) is 5.52. The summed E-state index contributed by atoms with van der Waals surface area (Å²) >= 11 is 0. The average Bonchev–Trinajstić information content (AvgIpc) is 2.33. The minimum Gasteiger partial charge on any atom is -0.494 e. The van der Waals surface area contributed by atoms with Crippen LogP contribution in [-0.4, -0.2) is 25.4 Å². The van der Waals surface area contributed by atoms with Crippen LogP contribution in [0.2, 0.25) is 0 Å². The Hall–Kier alpha value is -1.06. The summed E-state index contributed by atoms with van der Waals surface area (Å²) in [5, 5.41) is 9.82. The molecule has 0 aliphatic rings. The fourth-order valence-electron chi connectivity index (χ4n) is 1.67. The first kappa shape index (κ1) is 15.0. The first-order valence-corrected chi connectivity index (χ1v) is 6.48. The van der Waals surface area contributed by atoms with Crippen molar-refractivity contribution >= 4 is 0 Å².